The summed E-state index contributed by atoms with van der Waals surface area (Å²) in [4.78, 5) is 43.5. The second kappa shape index (κ2) is 12.7. The molecule has 0 fully saturated rings. The fraction of sp³-hybridized carbons (Fsp3) is 0.233. The fourth-order valence-corrected chi connectivity index (χ4v) is 4.61. The van der Waals surface area contributed by atoms with Gasteiger partial charge in [0, 0.05) is 24.7 Å². The van der Waals surface area contributed by atoms with Crippen molar-refractivity contribution < 1.29 is 18.7 Å². The highest BCUT2D eigenvalue weighted by molar-refractivity contribution is 9.10. The number of hydrogen-bond donors (Lipinski definition) is 0. The van der Waals surface area contributed by atoms with Gasteiger partial charge in [0.15, 0.2) is 5.43 Å². The molecule has 0 saturated heterocycles. The number of carbonyl (C=O) groups excluding carboxylic acids is 2. The van der Waals surface area contributed by atoms with Crippen LogP contribution in [0.2, 0.25) is 0 Å². The van der Waals surface area contributed by atoms with Gasteiger partial charge in [-0.15, -0.1) is 0 Å². The number of nitrogens with zero attached hydrogens (tertiary/aromatic N) is 2. The minimum absolute atomic E-state index is 0.0429. The van der Waals surface area contributed by atoms with Gasteiger partial charge in [-0.25, -0.2) is 0 Å². The van der Waals surface area contributed by atoms with Crippen LogP contribution in [0.5, 0.6) is 0 Å². The second-order valence-corrected chi connectivity index (χ2v) is 9.88. The van der Waals surface area contributed by atoms with Gasteiger partial charge >= 0.3 is 0 Å². The zero-order valence-corrected chi connectivity index (χ0v) is 22.9. The standard InChI is InChI=1S/C30H29BrN2O5/c1-21-12-13-27-25(16-21)29(35)23(20-38-27)18-33(17-22-8-4-3-5-9-22)28(34)19-32(14-15-37-2)30(36)24-10-6-7-11-26(24)31/h3-13,16,20H,14-15,17-19H2,1-2H3. The number of hydrogen-bond acceptors (Lipinski definition) is 5. The summed E-state index contributed by atoms with van der Waals surface area (Å²) in [6, 6.07) is 22.1. The molecule has 8 heteroatoms. The van der Waals surface area contributed by atoms with Gasteiger partial charge in [0.05, 0.1) is 35.9 Å². The van der Waals surface area contributed by atoms with E-state index in [0.717, 1.165) is 11.1 Å². The Morgan fingerprint density at radius 3 is 2.42 bits per heavy atom. The molecule has 0 atom stereocenters. The lowest BCUT2D eigenvalue weighted by molar-refractivity contribution is -0.133. The number of benzene rings is 3. The van der Waals surface area contributed by atoms with Crippen LogP contribution in [0.3, 0.4) is 0 Å². The monoisotopic (exact) mass is 576 g/mol. The highest BCUT2D eigenvalue weighted by atomic mass is 79.9. The summed E-state index contributed by atoms with van der Waals surface area (Å²) >= 11 is 3.43. The molecule has 38 heavy (non-hydrogen) atoms. The van der Waals surface area contributed by atoms with E-state index in [1.165, 1.54) is 11.2 Å². The highest BCUT2D eigenvalue weighted by Gasteiger charge is 2.25. The topological polar surface area (TPSA) is 80.1 Å². The fourth-order valence-electron chi connectivity index (χ4n) is 4.16. The minimum Gasteiger partial charge on any atom is -0.464 e. The number of amides is 2. The van der Waals surface area contributed by atoms with E-state index in [1.807, 2.05) is 49.4 Å². The van der Waals surface area contributed by atoms with Crippen LogP contribution in [-0.4, -0.2) is 48.4 Å². The molecule has 1 heterocycles. The summed E-state index contributed by atoms with van der Waals surface area (Å²) < 4.78 is 11.6. The third-order valence-corrected chi connectivity index (χ3v) is 6.90. The summed E-state index contributed by atoms with van der Waals surface area (Å²) in [6.45, 7) is 2.56. The molecule has 3 aromatic carbocycles. The Morgan fingerprint density at radius 2 is 1.68 bits per heavy atom. The molecule has 196 valence electrons. The quantitative estimate of drug-likeness (QED) is 0.260. The molecule has 0 unspecified atom stereocenters. The van der Waals surface area contributed by atoms with Crippen molar-refractivity contribution in [2.24, 2.45) is 0 Å². The number of aryl methyl sites for hydroxylation is 1. The Kier molecular flexibility index (Phi) is 9.10. The van der Waals surface area contributed by atoms with E-state index in [2.05, 4.69) is 15.9 Å². The number of methoxy groups -OCH3 is 1. The average Bonchev–Trinajstić information content (AvgIpc) is 2.92. The first-order valence-corrected chi connectivity index (χ1v) is 13.0. The van der Waals surface area contributed by atoms with Gasteiger partial charge in [0.25, 0.3) is 5.91 Å². The Hall–Kier alpha value is -3.75. The van der Waals surface area contributed by atoms with Gasteiger partial charge in [0.2, 0.25) is 5.91 Å². The molecule has 0 radical (unpaired) electrons. The molecular weight excluding hydrogens is 548 g/mol. The van der Waals surface area contributed by atoms with E-state index in [9.17, 15) is 14.4 Å². The number of carbonyl (C=O) groups is 2. The minimum atomic E-state index is -0.297. The summed E-state index contributed by atoms with van der Waals surface area (Å²) in [5, 5.41) is 0.473. The zero-order valence-electron chi connectivity index (χ0n) is 21.4. The Morgan fingerprint density at radius 1 is 0.947 bits per heavy atom. The van der Waals surface area contributed by atoms with Crippen molar-refractivity contribution >= 4 is 38.7 Å². The third kappa shape index (κ3) is 6.57. The Labute approximate surface area is 229 Å². The molecule has 0 N–H and O–H groups in total. The van der Waals surface area contributed by atoms with Gasteiger partial charge < -0.3 is 19.0 Å². The average molecular weight is 577 g/mol. The first-order chi connectivity index (χ1) is 18.4. The van der Waals surface area contributed by atoms with E-state index < -0.39 is 0 Å². The van der Waals surface area contributed by atoms with Crippen LogP contribution in [0.15, 0.2) is 92.7 Å². The lowest BCUT2D eigenvalue weighted by atomic mass is 10.1. The van der Waals surface area contributed by atoms with Gasteiger partial charge in [0.1, 0.15) is 12.1 Å². The molecule has 0 saturated carbocycles. The van der Waals surface area contributed by atoms with Gasteiger partial charge in [-0.1, -0.05) is 54.1 Å². The van der Waals surface area contributed by atoms with Crippen molar-refractivity contribution in [1.29, 1.82) is 0 Å². The van der Waals surface area contributed by atoms with E-state index in [-0.39, 0.29) is 50.0 Å². The Bertz CT molecular complexity index is 1490. The van der Waals surface area contributed by atoms with Crippen LogP contribution in [-0.2, 0) is 22.6 Å². The van der Waals surface area contributed by atoms with Crippen LogP contribution in [0, 0.1) is 6.92 Å². The maximum Gasteiger partial charge on any atom is 0.255 e. The van der Waals surface area contributed by atoms with Crippen molar-refractivity contribution in [3.8, 4) is 0 Å². The maximum absolute atomic E-state index is 13.7. The van der Waals surface area contributed by atoms with E-state index >= 15 is 0 Å². The van der Waals surface area contributed by atoms with Crippen molar-refractivity contribution in [2.75, 3.05) is 26.8 Å². The third-order valence-electron chi connectivity index (χ3n) is 6.21. The molecule has 0 aliphatic rings. The molecule has 1 aromatic heterocycles. The SMILES string of the molecule is COCCN(CC(=O)N(Cc1ccccc1)Cc1coc2ccc(C)cc2c1=O)C(=O)c1ccccc1Br. The number of halogens is 1. The van der Waals surface area contributed by atoms with Crippen molar-refractivity contribution in [2.45, 2.75) is 20.0 Å². The molecule has 0 spiro atoms. The van der Waals surface area contributed by atoms with Gasteiger partial charge in [-0.2, -0.15) is 0 Å². The highest BCUT2D eigenvalue weighted by Crippen LogP contribution is 2.19. The number of rotatable bonds is 10. The first-order valence-electron chi connectivity index (χ1n) is 12.2. The van der Waals surface area contributed by atoms with Crippen LogP contribution in [0.1, 0.15) is 27.0 Å². The van der Waals surface area contributed by atoms with Crippen LogP contribution in [0.25, 0.3) is 11.0 Å². The lowest BCUT2D eigenvalue weighted by Crippen LogP contribution is -2.44. The predicted octanol–water partition coefficient (Wildman–Crippen LogP) is 5.18. The summed E-state index contributed by atoms with van der Waals surface area (Å²) in [5.74, 6) is -0.586. The summed E-state index contributed by atoms with van der Waals surface area (Å²) in [7, 11) is 1.55. The van der Waals surface area contributed by atoms with Crippen molar-refractivity contribution in [3.63, 3.8) is 0 Å². The molecule has 4 rings (SSSR count). The van der Waals surface area contributed by atoms with E-state index in [0.29, 0.717) is 26.6 Å². The van der Waals surface area contributed by atoms with Crippen LogP contribution in [0.4, 0.5) is 0 Å². The molecule has 0 bridgehead atoms. The molecule has 0 aliphatic carbocycles. The second-order valence-electron chi connectivity index (χ2n) is 9.02. The van der Waals surface area contributed by atoms with Gasteiger partial charge in [-0.05, 0) is 52.7 Å². The summed E-state index contributed by atoms with van der Waals surface area (Å²) in [5.41, 5.74) is 2.99. The van der Waals surface area contributed by atoms with E-state index in [4.69, 9.17) is 9.15 Å². The maximum atomic E-state index is 13.7. The first kappa shape index (κ1) is 27.3. The molecule has 0 aliphatic heterocycles. The van der Waals surface area contributed by atoms with Crippen molar-refractivity contribution in [1.82, 2.24) is 9.80 Å². The van der Waals surface area contributed by atoms with Crippen LogP contribution >= 0.6 is 15.9 Å². The molecule has 7 nitrogen and oxygen atoms in total. The van der Waals surface area contributed by atoms with E-state index in [1.54, 1.807) is 42.3 Å². The van der Waals surface area contributed by atoms with Gasteiger partial charge in [-0.3, -0.25) is 14.4 Å². The number of ether oxygens (including phenoxy) is 1. The zero-order chi connectivity index (χ0) is 27.1. The smallest absolute Gasteiger partial charge is 0.255 e. The summed E-state index contributed by atoms with van der Waals surface area (Å²) in [6.07, 6.45) is 1.42. The van der Waals surface area contributed by atoms with Crippen LogP contribution < -0.4 is 5.43 Å². The largest absolute Gasteiger partial charge is 0.464 e. The lowest BCUT2D eigenvalue weighted by Gasteiger charge is -2.28. The predicted molar refractivity (Wildman–Crippen MR) is 150 cm³/mol. The Balaban J connectivity index is 1.64. The number of fused-ring (bicyclic) bond motifs is 1. The van der Waals surface area contributed by atoms with Crippen molar-refractivity contribution in [3.05, 3.63) is 116 Å². The molecule has 4 aromatic rings. The molecular formula is C30H29BrN2O5. The normalized spacial score (nSPS) is 10.9. The molecule has 2 amide bonds.